The summed E-state index contributed by atoms with van der Waals surface area (Å²) in [5.74, 6) is 0.190. The van der Waals surface area contributed by atoms with Gasteiger partial charge in [-0.25, -0.2) is 0 Å². The molecule has 2 aliphatic heterocycles. The molecule has 3 N–H and O–H groups in total. The first-order valence-corrected chi connectivity index (χ1v) is 10.1. The maximum Gasteiger partial charge on any atom is 0.273 e. The molecule has 2 aromatic carbocycles. The molecule has 0 aromatic heterocycles. The van der Waals surface area contributed by atoms with E-state index < -0.39 is 11.0 Å². The van der Waals surface area contributed by atoms with E-state index in [1.54, 1.807) is 4.90 Å². The SMILES string of the molecule is O=C1Nc2ccc([N+](=O)[O-])cc2O[C@@H]1CC[NH+]1CC[NH+](Cc2ccccc2)CC1. The molecular weight excluding hydrogens is 372 g/mol. The van der Waals surface area contributed by atoms with Gasteiger partial charge in [0.05, 0.1) is 23.2 Å². The van der Waals surface area contributed by atoms with E-state index in [0.29, 0.717) is 17.9 Å². The Morgan fingerprint density at radius 2 is 1.79 bits per heavy atom. The van der Waals surface area contributed by atoms with Crippen LogP contribution in [0, 0.1) is 10.1 Å². The van der Waals surface area contributed by atoms with E-state index in [2.05, 4.69) is 29.6 Å². The van der Waals surface area contributed by atoms with Crippen molar-refractivity contribution in [2.24, 2.45) is 0 Å². The van der Waals surface area contributed by atoms with Gasteiger partial charge in [-0.05, 0) is 6.07 Å². The molecule has 1 fully saturated rings. The molecular formula is C21H26N4O4+2. The molecule has 1 atom stereocenters. The van der Waals surface area contributed by atoms with Crippen LogP contribution in [0.4, 0.5) is 11.4 Å². The van der Waals surface area contributed by atoms with Gasteiger partial charge in [0.25, 0.3) is 11.6 Å². The predicted molar refractivity (Wildman–Crippen MR) is 107 cm³/mol. The molecule has 8 heteroatoms. The first-order chi connectivity index (χ1) is 14.1. The number of nitro benzene ring substituents is 1. The second kappa shape index (κ2) is 8.59. The van der Waals surface area contributed by atoms with E-state index in [1.807, 2.05) is 6.07 Å². The number of hydrogen-bond donors (Lipinski definition) is 3. The van der Waals surface area contributed by atoms with E-state index in [1.165, 1.54) is 28.7 Å². The number of nitro groups is 1. The van der Waals surface area contributed by atoms with Gasteiger partial charge in [0, 0.05) is 18.1 Å². The monoisotopic (exact) mass is 398 g/mol. The average molecular weight is 398 g/mol. The number of piperazine rings is 1. The number of quaternary nitrogens is 2. The van der Waals surface area contributed by atoms with Crippen LogP contribution in [0.25, 0.3) is 0 Å². The highest BCUT2D eigenvalue weighted by Gasteiger charge is 2.31. The molecule has 8 nitrogen and oxygen atoms in total. The number of rotatable bonds is 6. The van der Waals surface area contributed by atoms with Crippen LogP contribution < -0.4 is 19.9 Å². The molecule has 4 rings (SSSR count). The van der Waals surface area contributed by atoms with Gasteiger partial charge in [0.15, 0.2) is 11.9 Å². The van der Waals surface area contributed by atoms with Crippen molar-refractivity contribution in [3.8, 4) is 5.75 Å². The van der Waals surface area contributed by atoms with E-state index in [9.17, 15) is 14.9 Å². The van der Waals surface area contributed by atoms with Gasteiger partial charge >= 0.3 is 0 Å². The number of amides is 1. The second-order valence-corrected chi connectivity index (χ2v) is 7.73. The first-order valence-electron chi connectivity index (χ1n) is 10.1. The maximum absolute atomic E-state index is 12.3. The van der Waals surface area contributed by atoms with Crippen LogP contribution in [0.3, 0.4) is 0 Å². The van der Waals surface area contributed by atoms with Gasteiger partial charge in [-0.2, -0.15) is 0 Å². The normalized spacial score (nSPS) is 23.6. The van der Waals surface area contributed by atoms with Gasteiger partial charge in [-0.1, -0.05) is 30.3 Å². The number of fused-ring (bicyclic) bond motifs is 1. The van der Waals surface area contributed by atoms with Crippen molar-refractivity contribution in [1.82, 2.24) is 0 Å². The minimum Gasteiger partial charge on any atom is -0.478 e. The van der Waals surface area contributed by atoms with Gasteiger partial charge in [0.2, 0.25) is 0 Å². The van der Waals surface area contributed by atoms with Crippen molar-refractivity contribution in [3.05, 3.63) is 64.2 Å². The van der Waals surface area contributed by atoms with Crippen molar-refractivity contribution >= 4 is 17.3 Å². The van der Waals surface area contributed by atoms with Gasteiger partial charge in [0.1, 0.15) is 32.7 Å². The lowest BCUT2D eigenvalue weighted by molar-refractivity contribution is -1.02. The van der Waals surface area contributed by atoms with Crippen LogP contribution in [0.5, 0.6) is 5.75 Å². The molecule has 0 radical (unpaired) electrons. The Bertz CT molecular complexity index is 882. The minimum absolute atomic E-state index is 0.0400. The van der Waals surface area contributed by atoms with Gasteiger partial charge in [-0.3, -0.25) is 14.9 Å². The third-order valence-corrected chi connectivity index (χ3v) is 5.72. The fourth-order valence-corrected chi connectivity index (χ4v) is 4.04. The number of nitrogens with one attached hydrogen (secondary N) is 3. The first kappa shape index (κ1) is 19.4. The van der Waals surface area contributed by atoms with E-state index >= 15 is 0 Å². The number of non-ortho nitro benzene ring substituents is 1. The quantitative estimate of drug-likeness (QED) is 0.459. The smallest absolute Gasteiger partial charge is 0.273 e. The molecule has 152 valence electrons. The fraction of sp³-hybridized carbons (Fsp3) is 0.381. The lowest BCUT2D eigenvalue weighted by atomic mass is 10.1. The zero-order valence-corrected chi connectivity index (χ0v) is 16.2. The van der Waals surface area contributed by atoms with Crippen LogP contribution in [0.15, 0.2) is 48.5 Å². The fourth-order valence-electron chi connectivity index (χ4n) is 4.04. The summed E-state index contributed by atoms with van der Waals surface area (Å²) in [6.07, 6.45) is -0.0103. The summed E-state index contributed by atoms with van der Waals surface area (Å²) < 4.78 is 5.79. The Morgan fingerprint density at radius 1 is 1.07 bits per heavy atom. The highest BCUT2D eigenvalue weighted by Crippen LogP contribution is 2.33. The molecule has 0 unspecified atom stereocenters. The molecule has 2 aromatic rings. The van der Waals surface area contributed by atoms with Crippen LogP contribution >= 0.6 is 0 Å². The predicted octanol–water partition coefficient (Wildman–Crippen LogP) is -0.332. The second-order valence-electron chi connectivity index (χ2n) is 7.73. The Labute approximate surface area is 169 Å². The molecule has 0 aliphatic carbocycles. The summed E-state index contributed by atoms with van der Waals surface area (Å²) in [5, 5.41) is 13.8. The summed E-state index contributed by atoms with van der Waals surface area (Å²) in [5.41, 5.74) is 1.81. The highest BCUT2D eigenvalue weighted by molar-refractivity contribution is 5.97. The van der Waals surface area contributed by atoms with Gasteiger partial charge < -0.3 is 19.9 Å². The third kappa shape index (κ3) is 4.72. The number of hydrogen-bond acceptors (Lipinski definition) is 4. The lowest BCUT2D eigenvalue weighted by Crippen LogP contribution is -3.27. The van der Waals surface area contributed by atoms with Crippen molar-refractivity contribution < 1.29 is 24.3 Å². The lowest BCUT2D eigenvalue weighted by Gasteiger charge is -2.31. The van der Waals surface area contributed by atoms with Crippen LogP contribution in [0.1, 0.15) is 12.0 Å². The van der Waals surface area contributed by atoms with E-state index in [0.717, 1.165) is 39.3 Å². The number of nitrogens with zero attached hydrogens (tertiary/aromatic N) is 1. The maximum atomic E-state index is 12.3. The Morgan fingerprint density at radius 3 is 2.52 bits per heavy atom. The number of ether oxygens (including phenoxy) is 1. The van der Waals surface area contributed by atoms with Crippen LogP contribution in [0.2, 0.25) is 0 Å². The number of anilines is 1. The van der Waals surface area contributed by atoms with Crippen LogP contribution in [-0.2, 0) is 11.3 Å². The summed E-state index contributed by atoms with van der Waals surface area (Å²) >= 11 is 0. The number of benzene rings is 2. The molecule has 1 amide bonds. The molecule has 2 heterocycles. The Kier molecular flexibility index (Phi) is 5.73. The Balaban J connectivity index is 1.27. The summed E-state index contributed by atoms with van der Waals surface area (Å²) in [4.78, 5) is 25.9. The summed E-state index contributed by atoms with van der Waals surface area (Å²) in [6.45, 7) is 6.25. The summed E-state index contributed by atoms with van der Waals surface area (Å²) in [6, 6.07) is 14.8. The standard InChI is InChI=1S/C21H24N4O4/c26-21-19(29-20-14-17(25(27)28)6-7-18(20)22-21)8-9-23-10-12-24(13-11-23)15-16-4-2-1-3-5-16/h1-7,14,19H,8-13,15H2,(H,22,26)/p+2/t19-/m1/s1. The number of carbonyl (C=O) groups excluding carboxylic acids is 1. The van der Waals surface area contributed by atoms with Crippen molar-refractivity contribution in [2.45, 2.75) is 19.1 Å². The highest BCUT2D eigenvalue weighted by atomic mass is 16.6. The topological polar surface area (TPSA) is 90.3 Å². The van der Waals surface area contributed by atoms with Crippen molar-refractivity contribution in [3.63, 3.8) is 0 Å². The largest absolute Gasteiger partial charge is 0.478 e. The zero-order chi connectivity index (χ0) is 20.2. The van der Waals surface area contributed by atoms with Gasteiger partial charge in [-0.15, -0.1) is 0 Å². The third-order valence-electron chi connectivity index (χ3n) is 5.72. The van der Waals surface area contributed by atoms with Crippen molar-refractivity contribution in [2.75, 3.05) is 38.0 Å². The van der Waals surface area contributed by atoms with E-state index in [-0.39, 0.29) is 11.6 Å². The van der Waals surface area contributed by atoms with Crippen LogP contribution in [-0.4, -0.2) is 49.7 Å². The van der Waals surface area contributed by atoms with Crippen molar-refractivity contribution in [1.29, 1.82) is 0 Å². The minimum atomic E-state index is -0.605. The molecule has 0 saturated carbocycles. The zero-order valence-electron chi connectivity index (χ0n) is 16.2. The molecule has 0 spiro atoms. The Hall–Kier alpha value is -2.97. The average Bonchev–Trinajstić information content (AvgIpc) is 2.73. The molecule has 0 bridgehead atoms. The summed E-state index contributed by atoms with van der Waals surface area (Å²) in [7, 11) is 0. The van der Waals surface area contributed by atoms with E-state index in [4.69, 9.17) is 4.74 Å². The number of carbonyl (C=O) groups is 1. The molecule has 29 heavy (non-hydrogen) atoms. The molecule has 1 saturated heterocycles. The molecule has 2 aliphatic rings.